The second-order valence-electron chi connectivity index (χ2n) is 5.57. The summed E-state index contributed by atoms with van der Waals surface area (Å²) in [6.07, 6.45) is 0. The lowest BCUT2D eigenvalue weighted by molar-refractivity contribution is -0.119. The third-order valence-corrected chi connectivity index (χ3v) is 4.80. The van der Waals surface area contributed by atoms with Crippen molar-refractivity contribution in [3.05, 3.63) is 58.6 Å². The maximum absolute atomic E-state index is 12.3. The molecular formula is C19H18ClNO4S. The number of rotatable bonds is 7. The second kappa shape index (κ2) is 9.40. The summed E-state index contributed by atoms with van der Waals surface area (Å²) in [5.41, 5.74) is 1.74. The number of carbonyl (C=O) groups excluding carboxylic acids is 3. The Balaban J connectivity index is 1.97. The first kappa shape index (κ1) is 20.0. The molecule has 0 aromatic heterocycles. The van der Waals surface area contributed by atoms with Crippen molar-refractivity contribution in [1.82, 2.24) is 0 Å². The minimum Gasteiger partial charge on any atom is -0.452 e. The fourth-order valence-electron chi connectivity index (χ4n) is 2.06. The zero-order valence-electron chi connectivity index (χ0n) is 14.4. The number of anilines is 1. The molecule has 0 aliphatic heterocycles. The van der Waals surface area contributed by atoms with Crippen LogP contribution < -0.4 is 5.32 Å². The predicted octanol–water partition coefficient (Wildman–Crippen LogP) is 4.13. The molecule has 0 fully saturated rings. The van der Waals surface area contributed by atoms with Crippen LogP contribution in [0.5, 0.6) is 0 Å². The van der Waals surface area contributed by atoms with Gasteiger partial charge in [0, 0.05) is 15.6 Å². The van der Waals surface area contributed by atoms with E-state index in [-0.39, 0.29) is 11.5 Å². The molecule has 2 aromatic carbocycles. The van der Waals surface area contributed by atoms with Gasteiger partial charge in [-0.15, -0.1) is 11.8 Å². The average Bonchev–Trinajstić information content (AvgIpc) is 2.61. The van der Waals surface area contributed by atoms with Crippen LogP contribution in [0.1, 0.15) is 22.8 Å². The number of aryl methyl sites for hydroxylation is 1. The Labute approximate surface area is 161 Å². The number of thioether (sulfide) groups is 1. The lowest BCUT2D eigenvalue weighted by Crippen LogP contribution is -2.21. The van der Waals surface area contributed by atoms with E-state index in [0.29, 0.717) is 21.2 Å². The largest absolute Gasteiger partial charge is 0.452 e. The Bertz CT molecular complexity index is 838. The lowest BCUT2D eigenvalue weighted by atomic mass is 10.2. The zero-order chi connectivity index (χ0) is 19.1. The summed E-state index contributed by atoms with van der Waals surface area (Å²) in [6.45, 7) is 2.90. The number of ether oxygens (including phenoxy) is 1. The molecule has 0 unspecified atom stereocenters. The number of Topliss-reactive ketones (excluding diaryl/α,β-unsaturated/α-hetero) is 1. The van der Waals surface area contributed by atoms with E-state index in [1.54, 1.807) is 42.5 Å². The molecule has 0 saturated carbocycles. The molecule has 1 amide bonds. The van der Waals surface area contributed by atoms with Crippen LogP contribution >= 0.6 is 23.4 Å². The Morgan fingerprint density at radius 2 is 1.88 bits per heavy atom. The number of esters is 1. The van der Waals surface area contributed by atoms with E-state index in [0.717, 1.165) is 5.56 Å². The van der Waals surface area contributed by atoms with E-state index in [1.807, 2.05) is 6.92 Å². The molecule has 0 bridgehead atoms. The number of carbonyl (C=O) groups is 3. The Kier molecular flexibility index (Phi) is 7.24. The summed E-state index contributed by atoms with van der Waals surface area (Å²) in [6, 6.07) is 11.9. The van der Waals surface area contributed by atoms with Gasteiger partial charge in [0.05, 0.1) is 11.3 Å². The highest BCUT2D eigenvalue weighted by molar-refractivity contribution is 8.00. The second-order valence-corrected chi connectivity index (χ2v) is 7.02. The van der Waals surface area contributed by atoms with Crippen LogP contribution in [0.2, 0.25) is 5.02 Å². The van der Waals surface area contributed by atoms with E-state index in [2.05, 4.69) is 5.32 Å². The molecule has 0 heterocycles. The fourth-order valence-corrected chi connectivity index (χ4v) is 3.08. The topological polar surface area (TPSA) is 72.5 Å². The number of benzene rings is 2. The predicted molar refractivity (Wildman–Crippen MR) is 103 cm³/mol. The van der Waals surface area contributed by atoms with E-state index < -0.39 is 18.5 Å². The smallest absolute Gasteiger partial charge is 0.339 e. The Morgan fingerprint density at radius 3 is 2.62 bits per heavy atom. The van der Waals surface area contributed by atoms with Crippen molar-refractivity contribution >= 4 is 46.7 Å². The number of nitrogens with one attached hydrogen (secondary N) is 1. The van der Waals surface area contributed by atoms with Crippen molar-refractivity contribution in [3.63, 3.8) is 0 Å². The van der Waals surface area contributed by atoms with Gasteiger partial charge in [0.25, 0.3) is 5.91 Å². The molecule has 2 rings (SSSR count). The van der Waals surface area contributed by atoms with Gasteiger partial charge in [0.1, 0.15) is 5.78 Å². The van der Waals surface area contributed by atoms with Crippen molar-refractivity contribution in [2.45, 2.75) is 18.7 Å². The van der Waals surface area contributed by atoms with Gasteiger partial charge in [0.15, 0.2) is 6.61 Å². The quantitative estimate of drug-likeness (QED) is 0.567. The molecule has 0 saturated heterocycles. The highest BCUT2D eigenvalue weighted by Gasteiger charge is 2.15. The first-order valence-electron chi connectivity index (χ1n) is 7.81. The van der Waals surface area contributed by atoms with E-state index >= 15 is 0 Å². The van der Waals surface area contributed by atoms with Gasteiger partial charge in [-0.25, -0.2) is 4.79 Å². The summed E-state index contributed by atoms with van der Waals surface area (Å²) < 4.78 is 5.10. The molecule has 0 atom stereocenters. The van der Waals surface area contributed by atoms with Gasteiger partial charge >= 0.3 is 5.97 Å². The third kappa shape index (κ3) is 5.89. The first-order valence-corrected chi connectivity index (χ1v) is 9.17. The normalized spacial score (nSPS) is 10.3. The van der Waals surface area contributed by atoms with Gasteiger partial charge < -0.3 is 10.1 Å². The lowest BCUT2D eigenvalue weighted by Gasteiger charge is -2.11. The van der Waals surface area contributed by atoms with Gasteiger partial charge in [-0.05, 0) is 43.7 Å². The van der Waals surface area contributed by atoms with Crippen molar-refractivity contribution in [3.8, 4) is 0 Å². The van der Waals surface area contributed by atoms with E-state index in [9.17, 15) is 14.4 Å². The summed E-state index contributed by atoms with van der Waals surface area (Å²) in [7, 11) is 0. The van der Waals surface area contributed by atoms with Crippen molar-refractivity contribution in [2.24, 2.45) is 0 Å². The first-order chi connectivity index (χ1) is 12.4. The average molecular weight is 392 g/mol. The van der Waals surface area contributed by atoms with Crippen LogP contribution in [0.3, 0.4) is 0 Å². The number of amides is 1. The molecule has 2 aromatic rings. The highest BCUT2D eigenvalue weighted by Crippen LogP contribution is 2.23. The van der Waals surface area contributed by atoms with Crippen molar-refractivity contribution < 1.29 is 19.1 Å². The van der Waals surface area contributed by atoms with Crippen LogP contribution in [0.15, 0.2) is 47.4 Å². The molecule has 5 nitrogen and oxygen atoms in total. The van der Waals surface area contributed by atoms with Crippen LogP contribution in [0.25, 0.3) is 0 Å². The molecular weight excluding hydrogens is 374 g/mol. The standard InChI is InChI=1S/C19H18ClNO4S/c1-12-7-8-14(20)9-16(12)21-18(23)10-25-19(24)15-5-3-4-6-17(15)26-11-13(2)22/h3-9H,10-11H2,1-2H3,(H,21,23). The number of hydrogen-bond acceptors (Lipinski definition) is 5. The minimum absolute atomic E-state index is 0.00874. The maximum Gasteiger partial charge on any atom is 0.339 e. The number of hydrogen-bond donors (Lipinski definition) is 1. The van der Waals surface area contributed by atoms with Crippen LogP contribution in [0.4, 0.5) is 5.69 Å². The molecule has 0 aliphatic rings. The van der Waals surface area contributed by atoms with E-state index in [1.165, 1.54) is 18.7 Å². The zero-order valence-corrected chi connectivity index (χ0v) is 15.9. The molecule has 0 radical (unpaired) electrons. The molecule has 0 spiro atoms. The van der Waals surface area contributed by atoms with Crippen LogP contribution in [-0.2, 0) is 14.3 Å². The van der Waals surface area contributed by atoms with E-state index in [4.69, 9.17) is 16.3 Å². The number of ketones is 1. The summed E-state index contributed by atoms with van der Waals surface area (Å²) in [5, 5.41) is 3.16. The van der Waals surface area contributed by atoms with Gasteiger partial charge in [-0.1, -0.05) is 29.8 Å². The summed E-state index contributed by atoms with van der Waals surface area (Å²) in [4.78, 5) is 36.1. The molecule has 0 aliphatic carbocycles. The summed E-state index contributed by atoms with van der Waals surface area (Å²) >= 11 is 7.17. The Hall–Kier alpha value is -2.31. The van der Waals surface area contributed by atoms with Crippen LogP contribution in [0, 0.1) is 6.92 Å². The molecule has 7 heteroatoms. The third-order valence-electron chi connectivity index (χ3n) is 3.35. The van der Waals surface area contributed by atoms with Crippen molar-refractivity contribution in [2.75, 3.05) is 17.7 Å². The SMILES string of the molecule is CC(=O)CSc1ccccc1C(=O)OCC(=O)Nc1cc(Cl)ccc1C. The fraction of sp³-hybridized carbons (Fsp3) is 0.211. The van der Waals surface area contributed by atoms with Gasteiger partial charge in [0.2, 0.25) is 0 Å². The van der Waals surface area contributed by atoms with Gasteiger partial charge in [-0.2, -0.15) is 0 Å². The monoisotopic (exact) mass is 391 g/mol. The highest BCUT2D eigenvalue weighted by atomic mass is 35.5. The maximum atomic E-state index is 12.3. The minimum atomic E-state index is -0.616. The Morgan fingerprint density at radius 1 is 1.15 bits per heavy atom. The number of halogens is 1. The molecule has 136 valence electrons. The molecule has 1 N–H and O–H groups in total. The van der Waals surface area contributed by atoms with Crippen LogP contribution in [-0.4, -0.2) is 30.0 Å². The summed E-state index contributed by atoms with van der Waals surface area (Å²) in [5.74, 6) is -0.805. The molecule has 26 heavy (non-hydrogen) atoms. The van der Waals surface area contributed by atoms with Crippen molar-refractivity contribution in [1.29, 1.82) is 0 Å². The van der Waals surface area contributed by atoms with Gasteiger partial charge in [-0.3, -0.25) is 9.59 Å².